The van der Waals surface area contributed by atoms with E-state index in [0.717, 1.165) is 18.4 Å². The summed E-state index contributed by atoms with van der Waals surface area (Å²) in [7, 11) is 0. The van der Waals surface area contributed by atoms with Crippen LogP contribution in [0.4, 0.5) is 0 Å². The molecule has 0 aliphatic rings. The first-order chi connectivity index (χ1) is 7.91. The Bertz CT molecular complexity index is 360. The van der Waals surface area contributed by atoms with Gasteiger partial charge in [0.1, 0.15) is 0 Å². The van der Waals surface area contributed by atoms with Gasteiger partial charge in [0.2, 0.25) is 0 Å². The second-order valence-electron chi connectivity index (χ2n) is 5.42. The van der Waals surface area contributed by atoms with E-state index in [0.29, 0.717) is 5.92 Å². The summed E-state index contributed by atoms with van der Waals surface area (Å²) < 4.78 is 0. The summed E-state index contributed by atoms with van der Waals surface area (Å²) in [5.41, 5.74) is 9.59. The van der Waals surface area contributed by atoms with E-state index in [2.05, 4.69) is 39.8 Å². The number of hydrogen-bond donors (Lipinski definition) is 2. The standard InChI is InChI=1S/C15H25NO/c1-10(2)5-8-14(17)15(16)13-7-6-11(3)9-12(13)4/h6-7,9-10,14-15,17H,5,8,16H2,1-4H3/t14-,15+/m1/s1. The van der Waals surface area contributed by atoms with E-state index in [1.807, 2.05) is 6.07 Å². The van der Waals surface area contributed by atoms with E-state index in [-0.39, 0.29) is 6.04 Å². The van der Waals surface area contributed by atoms with E-state index >= 15 is 0 Å². The van der Waals surface area contributed by atoms with Crippen LogP contribution in [-0.4, -0.2) is 11.2 Å². The third-order valence-corrected chi connectivity index (χ3v) is 3.24. The number of nitrogens with two attached hydrogens (primary N) is 1. The number of aryl methyl sites for hydroxylation is 2. The van der Waals surface area contributed by atoms with Crippen LogP contribution in [0.15, 0.2) is 18.2 Å². The molecule has 96 valence electrons. The summed E-state index contributed by atoms with van der Waals surface area (Å²) in [5, 5.41) is 10.1. The molecule has 0 aliphatic heterocycles. The van der Waals surface area contributed by atoms with Gasteiger partial charge in [-0.05, 0) is 43.7 Å². The lowest BCUT2D eigenvalue weighted by molar-refractivity contribution is 0.128. The summed E-state index contributed by atoms with van der Waals surface area (Å²) >= 11 is 0. The van der Waals surface area contributed by atoms with Crippen molar-refractivity contribution in [3.8, 4) is 0 Å². The maximum absolute atomic E-state index is 10.1. The highest BCUT2D eigenvalue weighted by Crippen LogP contribution is 2.23. The minimum Gasteiger partial charge on any atom is -0.391 e. The first kappa shape index (κ1) is 14.2. The maximum Gasteiger partial charge on any atom is 0.0733 e. The van der Waals surface area contributed by atoms with Crippen molar-refractivity contribution in [3.05, 3.63) is 34.9 Å². The minimum absolute atomic E-state index is 0.269. The van der Waals surface area contributed by atoms with Gasteiger partial charge in [-0.3, -0.25) is 0 Å². The maximum atomic E-state index is 10.1. The van der Waals surface area contributed by atoms with Crippen molar-refractivity contribution in [2.75, 3.05) is 0 Å². The molecule has 0 unspecified atom stereocenters. The fourth-order valence-electron chi connectivity index (χ4n) is 2.09. The smallest absolute Gasteiger partial charge is 0.0733 e. The second kappa shape index (κ2) is 6.18. The Labute approximate surface area is 105 Å². The fourth-order valence-corrected chi connectivity index (χ4v) is 2.09. The molecule has 0 spiro atoms. The van der Waals surface area contributed by atoms with Crippen molar-refractivity contribution in [1.82, 2.24) is 0 Å². The third-order valence-electron chi connectivity index (χ3n) is 3.24. The average molecular weight is 235 g/mol. The molecular formula is C15H25NO. The van der Waals surface area contributed by atoms with E-state index in [4.69, 9.17) is 5.73 Å². The molecule has 0 saturated heterocycles. The molecule has 1 rings (SSSR count). The first-order valence-corrected chi connectivity index (χ1v) is 6.42. The predicted molar refractivity (Wildman–Crippen MR) is 72.9 cm³/mol. The molecule has 1 aromatic carbocycles. The molecule has 0 aromatic heterocycles. The number of aliphatic hydroxyl groups is 1. The molecule has 17 heavy (non-hydrogen) atoms. The Kier molecular flexibility index (Phi) is 5.16. The molecule has 0 radical (unpaired) electrons. The highest BCUT2D eigenvalue weighted by atomic mass is 16.3. The molecule has 0 aliphatic carbocycles. The molecule has 2 nitrogen and oxygen atoms in total. The first-order valence-electron chi connectivity index (χ1n) is 6.42. The van der Waals surface area contributed by atoms with Gasteiger partial charge in [0.05, 0.1) is 12.1 Å². The topological polar surface area (TPSA) is 46.2 Å². The Hall–Kier alpha value is -0.860. The summed E-state index contributed by atoms with van der Waals surface area (Å²) in [5.74, 6) is 0.607. The zero-order chi connectivity index (χ0) is 13.0. The summed E-state index contributed by atoms with van der Waals surface area (Å²) in [6.07, 6.45) is 1.34. The molecule has 3 N–H and O–H groups in total. The fraction of sp³-hybridized carbons (Fsp3) is 0.600. The van der Waals surface area contributed by atoms with Crippen LogP contribution < -0.4 is 5.73 Å². The van der Waals surface area contributed by atoms with E-state index < -0.39 is 6.10 Å². The zero-order valence-electron chi connectivity index (χ0n) is 11.4. The van der Waals surface area contributed by atoms with Crippen LogP contribution in [0.5, 0.6) is 0 Å². The lowest BCUT2D eigenvalue weighted by Crippen LogP contribution is -2.27. The van der Waals surface area contributed by atoms with Gasteiger partial charge in [0.25, 0.3) is 0 Å². The molecule has 0 saturated carbocycles. The van der Waals surface area contributed by atoms with Crippen molar-refractivity contribution in [2.45, 2.75) is 52.7 Å². The summed E-state index contributed by atoms with van der Waals surface area (Å²) in [4.78, 5) is 0. The van der Waals surface area contributed by atoms with E-state index in [1.165, 1.54) is 11.1 Å². The molecule has 1 aromatic rings. The Morgan fingerprint density at radius 2 is 1.82 bits per heavy atom. The molecular weight excluding hydrogens is 210 g/mol. The van der Waals surface area contributed by atoms with Crippen molar-refractivity contribution < 1.29 is 5.11 Å². The normalized spacial score (nSPS) is 15.0. The van der Waals surface area contributed by atoms with Gasteiger partial charge in [-0.1, -0.05) is 37.6 Å². The van der Waals surface area contributed by atoms with Crippen LogP contribution in [0.2, 0.25) is 0 Å². The van der Waals surface area contributed by atoms with Crippen LogP contribution in [0.25, 0.3) is 0 Å². The number of rotatable bonds is 5. The number of hydrogen-bond acceptors (Lipinski definition) is 2. The van der Waals surface area contributed by atoms with Crippen molar-refractivity contribution in [1.29, 1.82) is 0 Å². The molecule has 2 atom stereocenters. The minimum atomic E-state index is -0.446. The Balaban J connectivity index is 2.71. The van der Waals surface area contributed by atoms with E-state index in [1.54, 1.807) is 0 Å². The lowest BCUT2D eigenvalue weighted by atomic mass is 9.92. The number of aliphatic hydroxyl groups excluding tert-OH is 1. The van der Waals surface area contributed by atoms with Crippen molar-refractivity contribution in [3.63, 3.8) is 0 Å². The van der Waals surface area contributed by atoms with Gasteiger partial charge >= 0.3 is 0 Å². The predicted octanol–water partition coefficient (Wildman–Crippen LogP) is 3.10. The van der Waals surface area contributed by atoms with Gasteiger partial charge in [0, 0.05) is 0 Å². The quantitative estimate of drug-likeness (QED) is 0.823. The SMILES string of the molecule is Cc1ccc([C@H](N)[C@H](O)CCC(C)C)c(C)c1. The van der Waals surface area contributed by atoms with Crippen LogP contribution in [0.3, 0.4) is 0 Å². The highest BCUT2D eigenvalue weighted by molar-refractivity contribution is 5.33. The van der Waals surface area contributed by atoms with Gasteiger partial charge < -0.3 is 10.8 Å². The van der Waals surface area contributed by atoms with Gasteiger partial charge in [-0.2, -0.15) is 0 Å². The van der Waals surface area contributed by atoms with Crippen molar-refractivity contribution >= 4 is 0 Å². The second-order valence-corrected chi connectivity index (χ2v) is 5.42. The molecule has 2 heteroatoms. The monoisotopic (exact) mass is 235 g/mol. The molecule has 0 bridgehead atoms. The Morgan fingerprint density at radius 1 is 1.18 bits per heavy atom. The summed E-state index contributed by atoms with van der Waals surface area (Å²) in [6, 6.07) is 5.93. The Morgan fingerprint density at radius 3 is 2.35 bits per heavy atom. The molecule has 0 amide bonds. The molecule has 0 heterocycles. The van der Waals surface area contributed by atoms with E-state index in [9.17, 15) is 5.11 Å². The van der Waals surface area contributed by atoms with Crippen LogP contribution in [-0.2, 0) is 0 Å². The van der Waals surface area contributed by atoms with Crippen molar-refractivity contribution in [2.24, 2.45) is 11.7 Å². The summed E-state index contributed by atoms with van der Waals surface area (Å²) in [6.45, 7) is 8.44. The van der Waals surface area contributed by atoms with Crippen LogP contribution in [0.1, 0.15) is 49.4 Å². The zero-order valence-corrected chi connectivity index (χ0v) is 11.4. The van der Waals surface area contributed by atoms with Gasteiger partial charge in [0.15, 0.2) is 0 Å². The van der Waals surface area contributed by atoms with Crippen LogP contribution in [0, 0.1) is 19.8 Å². The number of benzene rings is 1. The average Bonchev–Trinajstić information content (AvgIpc) is 2.25. The largest absolute Gasteiger partial charge is 0.391 e. The van der Waals surface area contributed by atoms with Gasteiger partial charge in [-0.15, -0.1) is 0 Å². The van der Waals surface area contributed by atoms with Crippen LogP contribution >= 0.6 is 0 Å². The third kappa shape index (κ3) is 4.14. The highest BCUT2D eigenvalue weighted by Gasteiger charge is 2.18. The lowest BCUT2D eigenvalue weighted by Gasteiger charge is -2.22. The van der Waals surface area contributed by atoms with Gasteiger partial charge in [-0.25, -0.2) is 0 Å². The molecule has 0 fully saturated rings.